The number of morpholine rings is 1. The van der Waals surface area contributed by atoms with Crippen LogP contribution in [0.2, 0.25) is 0 Å². The van der Waals surface area contributed by atoms with Crippen LogP contribution < -0.4 is 5.32 Å². The lowest BCUT2D eigenvalue weighted by molar-refractivity contribution is -0.0561. The Morgan fingerprint density at radius 2 is 2.19 bits per heavy atom. The van der Waals surface area contributed by atoms with Gasteiger partial charge < -0.3 is 4.74 Å². The Bertz CT molecular complexity index is 390. The first-order chi connectivity index (χ1) is 10.3. The molecule has 1 heterocycles. The number of ether oxygens (including phenoxy) is 1. The van der Waals surface area contributed by atoms with Crippen molar-refractivity contribution in [3.05, 3.63) is 0 Å². The normalized spacial score (nSPS) is 32.4. The van der Waals surface area contributed by atoms with Gasteiger partial charge in [0.15, 0.2) is 0 Å². The van der Waals surface area contributed by atoms with E-state index >= 15 is 0 Å². The average Bonchev–Trinajstić information content (AvgIpc) is 3.19. The van der Waals surface area contributed by atoms with Crippen LogP contribution in [0, 0.1) is 11.3 Å². The molecule has 3 fully saturated rings. The molecule has 118 valence electrons. The maximum atomic E-state index is 9.59. The number of rotatable bonds is 7. The van der Waals surface area contributed by atoms with Crippen molar-refractivity contribution in [2.24, 2.45) is 0 Å². The zero-order valence-electron chi connectivity index (χ0n) is 13.3. The number of hydrogen-bond acceptors (Lipinski definition) is 4. The molecule has 3 atom stereocenters. The predicted octanol–water partition coefficient (Wildman–Crippen LogP) is 2.44. The van der Waals surface area contributed by atoms with Gasteiger partial charge in [0, 0.05) is 18.6 Å². The minimum Gasteiger partial charge on any atom is -0.375 e. The monoisotopic (exact) mass is 291 g/mol. The summed E-state index contributed by atoms with van der Waals surface area (Å²) in [6, 6.07) is 3.82. The fourth-order valence-electron chi connectivity index (χ4n) is 4.00. The molecule has 0 amide bonds. The van der Waals surface area contributed by atoms with Crippen LogP contribution in [0.4, 0.5) is 0 Å². The summed E-state index contributed by atoms with van der Waals surface area (Å²) in [5.41, 5.74) is -0.289. The standard InChI is InChI=1S/C17H29N3O/c1-2-17(13-18,19-14-7-8-14)9-4-10-20-11-12-21-16-6-3-5-15(16)20/h14-16,19H,2-12H2,1H3. The predicted molar refractivity (Wildman–Crippen MR) is 83.0 cm³/mol. The van der Waals surface area contributed by atoms with Gasteiger partial charge in [0.05, 0.1) is 18.8 Å². The lowest BCUT2D eigenvalue weighted by Gasteiger charge is -2.38. The van der Waals surface area contributed by atoms with Gasteiger partial charge in [0.2, 0.25) is 0 Å². The van der Waals surface area contributed by atoms with Gasteiger partial charge in [0.25, 0.3) is 0 Å². The zero-order chi connectivity index (χ0) is 14.7. The second kappa shape index (κ2) is 6.64. The van der Waals surface area contributed by atoms with Crippen molar-refractivity contribution in [3.8, 4) is 6.07 Å². The molecular weight excluding hydrogens is 262 g/mol. The maximum Gasteiger partial charge on any atom is 0.106 e. The summed E-state index contributed by atoms with van der Waals surface area (Å²) in [4.78, 5) is 2.62. The van der Waals surface area contributed by atoms with E-state index in [1.54, 1.807) is 0 Å². The first-order valence-corrected chi connectivity index (χ1v) is 8.81. The molecule has 1 saturated heterocycles. The molecule has 0 bridgehead atoms. The number of nitriles is 1. The van der Waals surface area contributed by atoms with Gasteiger partial charge in [-0.3, -0.25) is 10.2 Å². The minimum atomic E-state index is -0.289. The minimum absolute atomic E-state index is 0.289. The average molecular weight is 291 g/mol. The van der Waals surface area contributed by atoms with Crippen LogP contribution in [-0.4, -0.2) is 48.3 Å². The zero-order valence-corrected chi connectivity index (χ0v) is 13.3. The van der Waals surface area contributed by atoms with Crippen molar-refractivity contribution < 1.29 is 4.74 Å². The Labute approximate surface area is 128 Å². The summed E-state index contributed by atoms with van der Waals surface area (Å²) in [5, 5.41) is 13.2. The highest BCUT2D eigenvalue weighted by atomic mass is 16.5. The fraction of sp³-hybridized carbons (Fsp3) is 0.941. The van der Waals surface area contributed by atoms with Crippen LogP contribution in [0.15, 0.2) is 0 Å². The number of hydrogen-bond donors (Lipinski definition) is 1. The van der Waals surface area contributed by atoms with E-state index in [2.05, 4.69) is 23.2 Å². The molecule has 4 heteroatoms. The van der Waals surface area contributed by atoms with Crippen molar-refractivity contribution in [3.63, 3.8) is 0 Å². The largest absolute Gasteiger partial charge is 0.375 e. The summed E-state index contributed by atoms with van der Waals surface area (Å²) in [6.45, 7) is 5.22. The van der Waals surface area contributed by atoms with Crippen LogP contribution in [-0.2, 0) is 4.74 Å². The van der Waals surface area contributed by atoms with Gasteiger partial charge in [-0.2, -0.15) is 5.26 Å². The molecule has 0 spiro atoms. The SMILES string of the molecule is CCC(C#N)(CCCN1CCOC2CCCC21)NC1CC1. The van der Waals surface area contributed by atoms with Crippen LogP contribution >= 0.6 is 0 Å². The molecule has 2 saturated carbocycles. The Morgan fingerprint density at radius 1 is 1.33 bits per heavy atom. The molecule has 1 aliphatic heterocycles. The van der Waals surface area contributed by atoms with Crippen molar-refractivity contribution >= 4 is 0 Å². The topological polar surface area (TPSA) is 48.3 Å². The van der Waals surface area contributed by atoms with Crippen LogP contribution in [0.25, 0.3) is 0 Å². The lowest BCUT2D eigenvalue weighted by atomic mass is 9.91. The van der Waals surface area contributed by atoms with Crippen molar-refractivity contribution in [2.75, 3.05) is 19.7 Å². The summed E-state index contributed by atoms with van der Waals surface area (Å²) in [7, 11) is 0. The third-order valence-corrected chi connectivity index (χ3v) is 5.52. The van der Waals surface area contributed by atoms with E-state index in [0.29, 0.717) is 18.2 Å². The summed E-state index contributed by atoms with van der Waals surface area (Å²) < 4.78 is 5.88. The number of nitrogens with one attached hydrogen (secondary N) is 1. The molecular formula is C17H29N3O. The van der Waals surface area contributed by atoms with Crippen molar-refractivity contribution in [2.45, 2.75) is 82.0 Å². The first kappa shape index (κ1) is 15.3. The van der Waals surface area contributed by atoms with Crippen molar-refractivity contribution in [1.82, 2.24) is 10.2 Å². The molecule has 0 aromatic carbocycles. The van der Waals surface area contributed by atoms with E-state index < -0.39 is 0 Å². The Morgan fingerprint density at radius 3 is 2.90 bits per heavy atom. The number of fused-ring (bicyclic) bond motifs is 1. The molecule has 0 radical (unpaired) electrons. The second-order valence-corrected chi connectivity index (χ2v) is 7.01. The van der Waals surface area contributed by atoms with E-state index in [-0.39, 0.29) is 5.54 Å². The molecule has 3 aliphatic rings. The van der Waals surface area contributed by atoms with E-state index in [4.69, 9.17) is 4.74 Å². The van der Waals surface area contributed by atoms with Crippen LogP contribution in [0.3, 0.4) is 0 Å². The molecule has 3 rings (SSSR count). The van der Waals surface area contributed by atoms with Gasteiger partial charge in [-0.15, -0.1) is 0 Å². The summed E-state index contributed by atoms with van der Waals surface area (Å²) in [5.74, 6) is 0. The highest BCUT2D eigenvalue weighted by Gasteiger charge is 2.37. The highest BCUT2D eigenvalue weighted by molar-refractivity contribution is 5.09. The van der Waals surface area contributed by atoms with Crippen molar-refractivity contribution in [1.29, 1.82) is 5.26 Å². The molecule has 1 N–H and O–H groups in total. The highest BCUT2D eigenvalue weighted by Crippen LogP contribution is 2.31. The van der Waals surface area contributed by atoms with Gasteiger partial charge in [-0.05, 0) is 57.9 Å². The smallest absolute Gasteiger partial charge is 0.106 e. The van der Waals surface area contributed by atoms with E-state index in [1.165, 1.54) is 32.1 Å². The molecule has 21 heavy (non-hydrogen) atoms. The van der Waals surface area contributed by atoms with Gasteiger partial charge in [-0.25, -0.2) is 0 Å². The Balaban J connectivity index is 1.48. The number of nitrogens with zero attached hydrogens (tertiary/aromatic N) is 2. The summed E-state index contributed by atoms with van der Waals surface area (Å²) >= 11 is 0. The quantitative estimate of drug-likeness (QED) is 0.783. The van der Waals surface area contributed by atoms with E-state index in [0.717, 1.165) is 39.0 Å². The molecule has 3 unspecified atom stereocenters. The van der Waals surface area contributed by atoms with E-state index in [9.17, 15) is 5.26 Å². The molecule has 4 nitrogen and oxygen atoms in total. The maximum absolute atomic E-state index is 9.59. The van der Waals surface area contributed by atoms with Gasteiger partial charge in [0.1, 0.15) is 5.54 Å². The van der Waals surface area contributed by atoms with Gasteiger partial charge >= 0.3 is 0 Å². The molecule has 0 aromatic heterocycles. The Hall–Kier alpha value is -0.630. The molecule has 2 aliphatic carbocycles. The first-order valence-electron chi connectivity index (χ1n) is 8.81. The third kappa shape index (κ3) is 3.59. The summed E-state index contributed by atoms with van der Waals surface area (Å²) in [6.07, 6.45) is 9.82. The van der Waals surface area contributed by atoms with E-state index in [1.807, 2.05) is 0 Å². The fourth-order valence-corrected chi connectivity index (χ4v) is 4.00. The second-order valence-electron chi connectivity index (χ2n) is 7.01. The Kier molecular flexibility index (Phi) is 4.83. The lowest BCUT2D eigenvalue weighted by Crippen LogP contribution is -2.49. The van der Waals surface area contributed by atoms with Crippen LogP contribution in [0.5, 0.6) is 0 Å². The third-order valence-electron chi connectivity index (χ3n) is 5.52. The van der Waals surface area contributed by atoms with Crippen LogP contribution in [0.1, 0.15) is 58.3 Å². The van der Waals surface area contributed by atoms with Gasteiger partial charge in [-0.1, -0.05) is 6.92 Å². The molecule has 0 aromatic rings.